The largest absolute Gasteiger partial charge is 0.322 e. The molecule has 16 heavy (non-hydrogen) atoms. The summed E-state index contributed by atoms with van der Waals surface area (Å²) >= 11 is 1.83. The van der Waals surface area contributed by atoms with Crippen molar-refractivity contribution >= 4 is 21.6 Å². The maximum atomic E-state index is 6.11. The molecule has 1 aromatic carbocycles. The van der Waals surface area contributed by atoms with E-state index in [1.54, 1.807) is 0 Å². The van der Waals surface area contributed by atoms with Crippen LogP contribution in [0.1, 0.15) is 43.2 Å². The Hall–Kier alpha value is -0.930. The second kappa shape index (κ2) is 3.28. The van der Waals surface area contributed by atoms with E-state index in [9.17, 15) is 0 Å². The molecule has 0 atom stereocenters. The van der Waals surface area contributed by atoms with Gasteiger partial charge in [-0.2, -0.15) is 0 Å². The Balaban J connectivity index is 2.10. The Labute approximate surface area is 99.5 Å². The number of rotatable bonds is 2. The molecule has 1 aliphatic rings. The fraction of sp³-hybridized carbons (Fsp3) is 0.462. The van der Waals surface area contributed by atoms with Crippen molar-refractivity contribution in [1.82, 2.24) is 4.98 Å². The van der Waals surface area contributed by atoms with Crippen molar-refractivity contribution in [3.63, 3.8) is 0 Å². The minimum atomic E-state index is -0.266. The Kier molecular flexibility index (Phi) is 2.10. The molecule has 1 aromatic heterocycles. The monoisotopic (exact) mass is 232 g/mol. The molecule has 3 heteroatoms. The van der Waals surface area contributed by atoms with E-state index < -0.39 is 0 Å². The summed E-state index contributed by atoms with van der Waals surface area (Å²) in [5.74, 6) is 0.742. The second-order valence-corrected chi connectivity index (χ2v) is 6.29. The minimum absolute atomic E-state index is 0.266. The highest BCUT2D eigenvalue weighted by Gasteiger charge is 2.27. The zero-order chi connectivity index (χ0) is 11.3. The Morgan fingerprint density at radius 3 is 2.75 bits per heavy atom. The van der Waals surface area contributed by atoms with E-state index in [1.165, 1.54) is 28.1 Å². The highest BCUT2D eigenvalue weighted by Crippen LogP contribution is 2.43. The van der Waals surface area contributed by atoms with Crippen molar-refractivity contribution in [3.8, 4) is 0 Å². The first-order valence-corrected chi connectivity index (χ1v) is 6.55. The summed E-state index contributed by atoms with van der Waals surface area (Å²) in [6.45, 7) is 4.08. The van der Waals surface area contributed by atoms with E-state index >= 15 is 0 Å². The molecule has 1 saturated carbocycles. The van der Waals surface area contributed by atoms with Crippen molar-refractivity contribution in [2.24, 2.45) is 5.73 Å². The zero-order valence-corrected chi connectivity index (χ0v) is 10.5. The van der Waals surface area contributed by atoms with Crippen LogP contribution in [-0.4, -0.2) is 4.98 Å². The van der Waals surface area contributed by atoms with Crippen LogP contribution in [0.4, 0.5) is 0 Å². The first-order valence-electron chi connectivity index (χ1n) is 5.74. The van der Waals surface area contributed by atoms with E-state index in [4.69, 9.17) is 5.73 Å². The van der Waals surface area contributed by atoms with Gasteiger partial charge in [0.25, 0.3) is 0 Å². The summed E-state index contributed by atoms with van der Waals surface area (Å²) in [7, 11) is 0. The number of thiazole rings is 1. The number of nitrogens with two attached hydrogens (primary N) is 1. The summed E-state index contributed by atoms with van der Waals surface area (Å²) < 4.78 is 1.28. The molecule has 0 bridgehead atoms. The molecular weight excluding hydrogens is 216 g/mol. The van der Waals surface area contributed by atoms with Gasteiger partial charge in [0.2, 0.25) is 0 Å². The third kappa shape index (κ3) is 1.74. The van der Waals surface area contributed by atoms with Crippen molar-refractivity contribution in [2.45, 2.75) is 38.1 Å². The molecule has 0 spiro atoms. The number of hydrogen-bond acceptors (Lipinski definition) is 3. The predicted molar refractivity (Wildman–Crippen MR) is 68.8 cm³/mol. The lowest BCUT2D eigenvalue weighted by Crippen LogP contribution is -2.28. The summed E-state index contributed by atoms with van der Waals surface area (Å²) in [5.41, 5.74) is 8.16. The summed E-state index contributed by atoms with van der Waals surface area (Å²) in [4.78, 5) is 4.68. The first kappa shape index (κ1) is 10.2. The predicted octanol–water partition coefficient (Wildman–Crippen LogP) is 3.37. The van der Waals surface area contributed by atoms with Crippen molar-refractivity contribution in [2.75, 3.05) is 0 Å². The van der Waals surface area contributed by atoms with Crippen LogP contribution in [-0.2, 0) is 5.54 Å². The van der Waals surface area contributed by atoms with Gasteiger partial charge in [0.15, 0.2) is 0 Å². The van der Waals surface area contributed by atoms with Crippen LogP contribution in [0.5, 0.6) is 0 Å². The van der Waals surface area contributed by atoms with E-state index in [0.29, 0.717) is 0 Å². The maximum absolute atomic E-state index is 6.11. The van der Waals surface area contributed by atoms with Crippen molar-refractivity contribution in [1.29, 1.82) is 0 Å². The fourth-order valence-corrected chi connectivity index (χ4v) is 3.02. The minimum Gasteiger partial charge on any atom is -0.322 e. The Morgan fingerprint density at radius 2 is 2.12 bits per heavy atom. The SMILES string of the molecule is CC(C)(N)c1ccc2nc(C3CC3)sc2c1. The van der Waals surface area contributed by atoms with Crippen molar-refractivity contribution in [3.05, 3.63) is 28.8 Å². The highest BCUT2D eigenvalue weighted by atomic mass is 32.1. The number of benzene rings is 1. The third-order valence-electron chi connectivity index (χ3n) is 3.08. The lowest BCUT2D eigenvalue weighted by molar-refractivity contribution is 0.555. The Bertz CT molecular complexity index is 532. The number of aromatic nitrogens is 1. The van der Waals surface area contributed by atoms with Gasteiger partial charge in [0, 0.05) is 11.5 Å². The lowest BCUT2D eigenvalue weighted by Gasteiger charge is -2.18. The molecule has 2 N–H and O–H groups in total. The van der Waals surface area contributed by atoms with Crippen molar-refractivity contribution < 1.29 is 0 Å². The number of nitrogens with zero attached hydrogens (tertiary/aromatic N) is 1. The highest BCUT2D eigenvalue weighted by molar-refractivity contribution is 7.18. The normalized spacial score (nSPS) is 16.9. The van der Waals surface area contributed by atoms with Gasteiger partial charge in [0.1, 0.15) is 0 Å². The van der Waals surface area contributed by atoms with Crippen LogP contribution in [0, 0.1) is 0 Å². The fourth-order valence-electron chi connectivity index (χ4n) is 1.85. The summed E-state index contributed by atoms with van der Waals surface area (Å²) in [6.07, 6.45) is 2.63. The average Bonchev–Trinajstić information content (AvgIpc) is 2.96. The molecule has 2 nitrogen and oxygen atoms in total. The quantitative estimate of drug-likeness (QED) is 0.862. The molecule has 1 heterocycles. The molecule has 3 rings (SSSR count). The van der Waals surface area contributed by atoms with Crippen LogP contribution < -0.4 is 5.73 Å². The molecule has 0 unspecified atom stereocenters. The maximum Gasteiger partial charge on any atom is 0.0969 e. The van der Waals surface area contributed by atoms with Gasteiger partial charge in [-0.25, -0.2) is 4.98 Å². The van der Waals surface area contributed by atoms with Gasteiger partial charge in [-0.15, -0.1) is 11.3 Å². The van der Waals surface area contributed by atoms with Gasteiger partial charge in [0.05, 0.1) is 15.2 Å². The molecule has 0 amide bonds. The lowest BCUT2D eigenvalue weighted by atomic mass is 9.96. The van der Waals surface area contributed by atoms with Crippen LogP contribution in [0.15, 0.2) is 18.2 Å². The second-order valence-electron chi connectivity index (χ2n) is 5.23. The molecule has 1 fully saturated rings. The van der Waals surface area contributed by atoms with Gasteiger partial charge in [-0.05, 0) is 44.4 Å². The van der Waals surface area contributed by atoms with Gasteiger partial charge < -0.3 is 5.73 Å². The smallest absolute Gasteiger partial charge is 0.0969 e. The summed E-state index contributed by atoms with van der Waals surface area (Å²) in [5, 5.41) is 1.31. The van der Waals surface area contributed by atoms with Crippen LogP contribution in [0.3, 0.4) is 0 Å². The molecule has 0 saturated heterocycles. The van der Waals surface area contributed by atoms with E-state index in [2.05, 4.69) is 23.2 Å². The van der Waals surface area contributed by atoms with E-state index in [1.807, 2.05) is 25.2 Å². The molecule has 0 aliphatic heterocycles. The van der Waals surface area contributed by atoms with E-state index in [-0.39, 0.29) is 5.54 Å². The summed E-state index contributed by atoms with van der Waals surface area (Å²) in [6, 6.07) is 6.39. The van der Waals surface area contributed by atoms with E-state index in [0.717, 1.165) is 11.4 Å². The molecular formula is C13H16N2S. The van der Waals surface area contributed by atoms with Crippen LogP contribution in [0.25, 0.3) is 10.2 Å². The number of fused-ring (bicyclic) bond motifs is 1. The Morgan fingerprint density at radius 1 is 1.38 bits per heavy atom. The first-order chi connectivity index (χ1) is 7.54. The van der Waals surface area contributed by atoms with Crippen LogP contribution in [0.2, 0.25) is 0 Å². The number of hydrogen-bond donors (Lipinski definition) is 1. The molecule has 1 aliphatic carbocycles. The van der Waals surface area contributed by atoms with Gasteiger partial charge in [-0.1, -0.05) is 6.07 Å². The molecule has 0 radical (unpaired) electrons. The third-order valence-corrected chi connectivity index (χ3v) is 4.26. The van der Waals surface area contributed by atoms with Gasteiger partial charge >= 0.3 is 0 Å². The average molecular weight is 232 g/mol. The standard InChI is InChI=1S/C13H16N2S/c1-13(2,14)9-5-6-10-11(7-9)16-12(15-10)8-3-4-8/h5-8H,3-4,14H2,1-2H3. The molecule has 84 valence electrons. The topological polar surface area (TPSA) is 38.9 Å². The zero-order valence-electron chi connectivity index (χ0n) is 9.66. The molecule has 2 aromatic rings. The van der Waals surface area contributed by atoms with Crippen LogP contribution >= 0.6 is 11.3 Å². The van der Waals surface area contributed by atoms with Gasteiger partial charge in [-0.3, -0.25) is 0 Å².